The summed E-state index contributed by atoms with van der Waals surface area (Å²) in [4.78, 5) is 25.0. The van der Waals surface area contributed by atoms with Crippen molar-refractivity contribution in [2.45, 2.75) is 38.6 Å². The number of phenols is 1. The fourth-order valence-corrected chi connectivity index (χ4v) is 4.69. The van der Waals surface area contributed by atoms with Crippen LogP contribution in [0.4, 0.5) is 0 Å². The molecule has 0 spiro atoms. The van der Waals surface area contributed by atoms with E-state index in [1.165, 1.54) is 6.42 Å². The summed E-state index contributed by atoms with van der Waals surface area (Å²) in [6, 6.07) is 8.87. The van der Waals surface area contributed by atoms with Crippen molar-refractivity contribution in [1.29, 1.82) is 0 Å². The van der Waals surface area contributed by atoms with Gasteiger partial charge in [-0.05, 0) is 83.5 Å². The van der Waals surface area contributed by atoms with Crippen molar-refractivity contribution in [3.63, 3.8) is 0 Å². The number of phenolic OH excluding ortho intramolecular Hbond substituents is 1. The fraction of sp³-hybridized carbons (Fsp3) is 0.440. The standard InChI is InChI=1S/C25H26INO6/c26-14-33-22-20(28)8-7-17(16-5-2-6-18-19(16)11-27-23(18)29)21(22)32-13-25(9-10-25)24(30)31-12-15-3-1-4-15/h2,5-8,15,28H,1,3-4,9-14H2,(H,27,29). The zero-order valence-electron chi connectivity index (χ0n) is 18.2. The van der Waals surface area contributed by atoms with E-state index < -0.39 is 5.41 Å². The van der Waals surface area contributed by atoms with Gasteiger partial charge in [0.1, 0.15) is 16.6 Å². The number of hydrogen-bond donors (Lipinski definition) is 2. The summed E-state index contributed by atoms with van der Waals surface area (Å²) in [6.45, 7) is 1.06. The van der Waals surface area contributed by atoms with Crippen LogP contribution in [0.1, 0.15) is 48.0 Å². The normalized spacial score (nSPS) is 18.2. The van der Waals surface area contributed by atoms with E-state index in [0.29, 0.717) is 53.4 Å². The summed E-state index contributed by atoms with van der Waals surface area (Å²) < 4.78 is 17.9. The molecular formula is C25H26INO6. The van der Waals surface area contributed by atoms with Crippen LogP contribution in [-0.4, -0.2) is 34.8 Å². The van der Waals surface area contributed by atoms with Gasteiger partial charge in [-0.25, -0.2) is 0 Å². The van der Waals surface area contributed by atoms with E-state index in [1.54, 1.807) is 18.2 Å². The largest absolute Gasteiger partial charge is 0.504 e. The number of nitrogens with one attached hydrogen (secondary N) is 1. The Morgan fingerprint density at radius 3 is 2.58 bits per heavy atom. The van der Waals surface area contributed by atoms with Gasteiger partial charge in [-0.1, -0.05) is 18.6 Å². The van der Waals surface area contributed by atoms with Gasteiger partial charge in [0.25, 0.3) is 5.91 Å². The van der Waals surface area contributed by atoms with Gasteiger partial charge in [0.05, 0.1) is 6.61 Å². The summed E-state index contributed by atoms with van der Waals surface area (Å²) >= 11 is 2.06. The molecule has 2 N–H and O–H groups in total. The number of ether oxygens (including phenoxy) is 3. The first-order valence-electron chi connectivity index (χ1n) is 11.3. The number of carbonyl (C=O) groups excluding carboxylic acids is 2. The third-order valence-corrected chi connectivity index (χ3v) is 7.19. The van der Waals surface area contributed by atoms with E-state index in [4.69, 9.17) is 14.2 Å². The molecule has 2 aromatic rings. The summed E-state index contributed by atoms with van der Waals surface area (Å²) in [5.41, 5.74) is 2.39. The molecule has 2 saturated carbocycles. The second-order valence-electron chi connectivity index (χ2n) is 9.02. The summed E-state index contributed by atoms with van der Waals surface area (Å²) in [5, 5.41) is 13.4. The number of rotatable bonds is 9. The molecule has 1 aliphatic heterocycles. The highest BCUT2D eigenvalue weighted by Crippen LogP contribution is 2.51. The molecule has 1 amide bonds. The number of halogens is 1. The number of hydrogen-bond acceptors (Lipinski definition) is 6. The van der Waals surface area contributed by atoms with Crippen molar-refractivity contribution in [2.75, 3.05) is 17.8 Å². The smallest absolute Gasteiger partial charge is 0.315 e. The summed E-state index contributed by atoms with van der Waals surface area (Å²) in [5.74, 6) is 0.742. The summed E-state index contributed by atoms with van der Waals surface area (Å²) in [6.07, 6.45) is 4.89. The van der Waals surface area contributed by atoms with E-state index >= 15 is 0 Å². The van der Waals surface area contributed by atoms with Gasteiger partial charge in [0.2, 0.25) is 5.75 Å². The number of fused-ring (bicyclic) bond motifs is 1. The van der Waals surface area contributed by atoms with Crippen LogP contribution in [0.25, 0.3) is 11.1 Å². The van der Waals surface area contributed by atoms with Gasteiger partial charge < -0.3 is 24.6 Å². The molecule has 0 bridgehead atoms. The lowest BCUT2D eigenvalue weighted by molar-refractivity contribution is -0.153. The Bertz CT molecular complexity index is 1090. The molecule has 0 unspecified atom stereocenters. The Morgan fingerprint density at radius 1 is 1.09 bits per heavy atom. The lowest BCUT2D eigenvalue weighted by Gasteiger charge is -2.26. The number of benzene rings is 2. The first kappa shape index (κ1) is 22.3. The van der Waals surface area contributed by atoms with Gasteiger partial charge in [-0.3, -0.25) is 9.59 Å². The van der Waals surface area contributed by atoms with Crippen molar-refractivity contribution in [3.8, 4) is 28.4 Å². The third kappa shape index (κ3) is 4.25. The Balaban J connectivity index is 1.44. The van der Waals surface area contributed by atoms with Crippen LogP contribution in [0.5, 0.6) is 17.2 Å². The average molecular weight is 563 g/mol. The Hall–Kier alpha value is -2.49. The molecule has 2 aromatic carbocycles. The maximum Gasteiger partial charge on any atom is 0.315 e. The Labute approximate surface area is 205 Å². The van der Waals surface area contributed by atoms with Gasteiger partial charge in [0.15, 0.2) is 11.5 Å². The molecular weight excluding hydrogens is 537 g/mol. The second kappa shape index (κ2) is 9.04. The number of amides is 1. The molecule has 2 fully saturated rings. The highest BCUT2D eigenvalue weighted by molar-refractivity contribution is 14.1. The van der Waals surface area contributed by atoms with Gasteiger partial charge >= 0.3 is 5.97 Å². The fourth-order valence-electron chi connectivity index (χ4n) is 4.38. The van der Waals surface area contributed by atoms with Crippen LogP contribution in [0.2, 0.25) is 0 Å². The van der Waals surface area contributed by atoms with Crippen LogP contribution in [0, 0.1) is 11.3 Å². The highest BCUT2D eigenvalue weighted by Gasteiger charge is 2.53. The SMILES string of the molecule is O=C1NCc2c1cccc2-c1ccc(O)c(OCI)c1OCC1(C(=O)OCC2CCC2)CC1. The molecule has 174 valence electrons. The van der Waals surface area contributed by atoms with Crippen LogP contribution in [0.3, 0.4) is 0 Å². The molecule has 0 radical (unpaired) electrons. The second-order valence-corrected chi connectivity index (χ2v) is 9.65. The summed E-state index contributed by atoms with van der Waals surface area (Å²) in [7, 11) is 0. The number of aromatic hydroxyl groups is 1. The van der Waals surface area contributed by atoms with Gasteiger partial charge in [-0.2, -0.15) is 0 Å². The molecule has 1 heterocycles. The first-order chi connectivity index (χ1) is 16.0. The Kier molecular flexibility index (Phi) is 6.11. The molecule has 5 rings (SSSR count). The predicted octanol–water partition coefficient (Wildman–Crippen LogP) is 4.58. The minimum atomic E-state index is -0.649. The zero-order chi connectivity index (χ0) is 23.0. The quantitative estimate of drug-likeness (QED) is 0.264. The zero-order valence-corrected chi connectivity index (χ0v) is 20.4. The maximum absolute atomic E-state index is 12.8. The molecule has 0 aromatic heterocycles. The number of carbonyl (C=O) groups is 2. The van der Waals surface area contributed by atoms with E-state index in [2.05, 4.69) is 27.9 Å². The van der Waals surface area contributed by atoms with Crippen molar-refractivity contribution < 1.29 is 28.9 Å². The minimum absolute atomic E-state index is 0.0374. The monoisotopic (exact) mass is 563 g/mol. The lowest BCUT2D eigenvalue weighted by Crippen LogP contribution is -2.29. The predicted molar refractivity (Wildman–Crippen MR) is 130 cm³/mol. The average Bonchev–Trinajstić information content (AvgIpc) is 3.49. The van der Waals surface area contributed by atoms with Crippen LogP contribution in [-0.2, 0) is 16.1 Å². The van der Waals surface area contributed by atoms with Gasteiger partial charge in [-0.15, -0.1) is 0 Å². The van der Waals surface area contributed by atoms with E-state index in [-0.39, 0.29) is 30.0 Å². The molecule has 0 atom stereocenters. The molecule has 7 nitrogen and oxygen atoms in total. The van der Waals surface area contributed by atoms with Crippen molar-refractivity contribution in [2.24, 2.45) is 11.3 Å². The molecule has 2 aliphatic carbocycles. The molecule has 3 aliphatic rings. The maximum atomic E-state index is 12.8. The lowest BCUT2D eigenvalue weighted by atomic mass is 9.86. The molecule has 0 saturated heterocycles. The first-order valence-corrected chi connectivity index (χ1v) is 12.8. The topological polar surface area (TPSA) is 94.1 Å². The van der Waals surface area contributed by atoms with Crippen molar-refractivity contribution in [1.82, 2.24) is 5.32 Å². The van der Waals surface area contributed by atoms with Gasteiger partial charge in [0, 0.05) is 17.7 Å². The van der Waals surface area contributed by atoms with E-state index in [1.807, 2.05) is 12.1 Å². The number of esters is 1. The molecule has 8 heteroatoms. The van der Waals surface area contributed by atoms with Crippen LogP contribution < -0.4 is 14.8 Å². The van der Waals surface area contributed by atoms with Crippen molar-refractivity contribution >= 4 is 34.5 Å². The van der Waals surface area contributed by atoms with Crippen molar-refractivity contribution in [3.05, 3.63) is 41.5 Å². The highest BCUT2D eigenvalue weighted by atomic mass is 127. The number of alkyl halides is 1. The van der Waals surface area contributed by atoms with E-state index in [0.717, 1.165) is 24.0 Å². The van der Waals surface area contributed by atoms with Crippen LogP contribution >= 0.6 is 22.6 Å². The van der Waals surface area contributed by atoms with Crippen LogP contribution in [0.15, 0.2) is 30.3 Å². The molecule has 33 heavy (non-hydrogen) atoms. The minimum Gasteiger partial charge on any atom is -0.504 e. The Morgan fingerprint density at radius 2 is 1.88 bits per heavy atom. The third-order valence-electron chi connectivity index (χ3n) is 6.88. The van der Waals surface area contributed by atoms with E-state index in [9.17, 15) is 14.7 Å².